The zero-order valence-electron chi connectivity index (χ0n) is 12.0. The van der Waals surface area contributed by atoms with Crippen molar-refractivity contribution < 1.29 is 19.1 Å². The van der Waals surface area contributed by atoms with E-state index in [-0.39, 0.29) is 18.0 Å². The van der Waals surface area contributed by atoms with Crippen LogP contribution in [0.3, 0.4) is 0 Å². The minimum atomic E-state index is -0.934. The first kappa shape index (κ1) is 15.8. The van der Waals surface area contributed by atoms with E-state index in [4.69, 9.17) is 0 Å². The van der Waals surface area contributed by atoms with Crippen LogP contribution >= 0.6 is 0 Å². The Morgan fingerprint density at radius 1 is 1.30 bits per heavy atom. The summed E-state index contributed by atoms with van der Waals surface area (Å²) < 4.78 is 4.36. The summed E-state index contributed by atoms with van der Waals surface area (Å²) in [7, 11) is 1.14. The second-order valence-electron chi connectivity index (χ2n) is 5.31. The van der Waals surface area contributed by atoms with Gasteiger partial charge in [0.25, 0.3) is 5.91 Å². The van der Waals surface area contributed by atoms with Crippen LogP contribution in [0.15, 0.2) is 18.3 Å². The van der Waals surface area contributed by atoms with Crippen LogP contribution in [0.4, 0.5) is 0 Å². The molecule has 0 unspecified atom stereocenters. The van der Waals surface area contributed by atoms with Crippen LogP contribution in [0.2, 0.25) is 0 Å². The number of esters is 1. The van der Waals surface area contributed by atoms with E-state index >= 15 is 0 Å². The molecule has 0 atom stereocenters. The van der Waals surface area contributed by atoms with Gasteiger partial charge < -0.3 is 10.1 Å². The molecule has 1 heterocycles. The molecule has 1 amide bonds. The van der Waals surface area contributed by atoms with Crippen molar-refractivity contribution in [2.45, 2.75) is 32.7 Å². The van der Waals surface area contributed by atoms with Crippen LogP contribution in [0.1, 0.15) is 36.8 Å². The third kappa shape index (κ3) is 4.46. The number of hydrogen-bond acceptors (Lipinski definition) is 5. The Bertz CT molecular complexity index is 532. The second-order valence-corrected chi connectivity index (χ2v) is 5.31. The second kappa shape index (κ2) is 6.27. The Balaban J connectivity index is 2.97. The SMILES string of the molecule is COC(=O)C(=O)Cc1cccnc1C(=O)NC(C)(C)C. The zero-order chi connectivity index (χ0) is 15.3. The average molecular weight is 278 g/mol. The summed E-state index contributed by atoms with van der Waals surface area (Å²) in [5, 5.41) is 2.76. The Kier molecular flexibility index (Phi) is 4.96. The highest BCUT2D eigenvalue weighted by Gasteiger charge is 2.22. The number of aromatic nitrogens is 1. The largest absolute Gasteiger partial charge is 0.463 e. The number of ketones is 1. The number of pyridine rings is 1. The Labute approximate surface area is 117 Å². The number of rotatable bonds is 4. The smallest absolute Gasteiger partial charge is 0.374 e. The van der Waals surface area contributed by atoms with Gasteiger partial charge in [-0.05, 0) is 32.4 Å². The van der Waals surface area contributed by atoms with Crippen molar-refractivity contribution in [1.82, 2.24) is 10.3 Å². The molecule has 6 nitrogen and oxygen atoms in total. The molecule has 6 heteroatoms. The van der Waals surface area contributed by atoms with Crippen LogP contribution < -0.4 is 5.32 Å². The van der Waals surface area contributed by atoms with Crippen molar-refractivity contribution >= 4 is 17.7 Å². The average Bonchev–Trinajstić information content (AvgIpc) is 2.36. The standard InChI is InChI=1S/C14H18N2O4/c1-14(2,3)16-12(18)11-9(6-5-7-15-11)8-10(17)13(19)20-4/h5-7H,8H2,1-4H3,(H,16,18). The summed E-state index contributed by atoms with van der Waals surface area (Å²) in [6.07, 6.45) is 1.25. The number of hydrogen-bond donors (Lipinski definition) is 1. The Morgan fingerprint density at radius 2 is 1.95 bits per heavy atom. The van der Waals surface area contributed by atoms with Gasteiger partial charge >= 0.3 is 5.97 Å². The number of carbonyl (C=O) groups is 3. The minimum Gasteiger partial charge on any atom is -0.463 e. The number of Topliss-reactive ketones (excluding diaryl/α,β-unsaturated/α-hetero) is 1. The third-order valence-electron chi connectivity index (χ3n) is 2.36. The van der Waals surface area contributed by atoms with Crippen LogP contribution in [0.25, 0.3) is 0 Å². The van der Waals surface area contributed by atoms with Gasteiger partial charge in [0.2, 0.25) is 5.78 Å². The molecular formula is C14H18N2O4. The molecule has 1 aromatic heterocycles. The highest BCUT2D eigenvalue weighted by Crippen LogP contribution is 2.09. The first-order chi connectivity index (χ1) is 9.24. The van der Waals surface area contributed by atoms with E-state index in [1.54, 1.807) is 12.1 Å². The fourth-order valence-corrected chi connectivity index (χ4v) is 1.54. The minimum absolute atomic E-state index is 0.139. The normalized spacial score (nSPS) is 10.8. The molecule has 0 bridgehead atoms. The van der Waals surface area contributed by atoms with E-state index in [1.807, 2.05) is 20.8 Å². The van der Waals surface area contributed by atoms with E-state index < -0.39 is 17.3 Å². The molecule has 20 heavy (non-hydrogen) atoms. The van der Waals surface area contributed by atoms with E-state index in [1.165, 1.54) is 6.20 Å². The van der Waals surface area contributed by atoms with Crippen LogP contribution in [0, 0.1) is 0 Å². The monoisotopic (exact) mass is 278 g/mol. The number of ether oxygens (including phenoxy) is 1. The maximum Gasteiger partial charge on any atom is 0.374 e. The van der Waals surface area contributed by atoms with Gasteiger partial charge in [-0.15, -0.1) is 0 Å². The van der Waals surface area contributed by atoms with E-state index in [0.29, 0.717) is 5.56 Å². The number of amides is 1. The summed E-state index contributed by atoms with van der Waals surface area (Å²) in [5.41, 5.74) is 0.113. The van der Waals surface area contributed by atoms with E-state index in [9.17, 15) is 14.4 Å². The molecule has 1 rings (SSSR count). The number of carbonyl (C=O) groups excluding carboxylic acids is 3. The number of nitrogens with zero attached hydrogens (tertiary/aromatic N) is 1. The molecule has 108 valence electrons. The topological polar surface area (TPSA) is 85.4 Å². The van der Waals surface area contributed by atoms with E-state index in [2.05, 4.69) is 15.0 Å². The van der Waals surface area contributed by atoms with Crippen molar-refractivity contribution in [1.29, 1.82) is 0 Å². The lowest BCUT2D eigenvalue weighted by atomic mass is 10.0. The van der Waals surface area contributed by atoms with Gasteiger partial charge in [-0.2, -0.15) is 0 Å². The summed E-state index contributed by atoms with van der Waals surface area (Å²) in [6.45, 7) is 5.52. The lowest BCUT2D eigenvalue weighted by molar-refractivity contribution is -0.151. The Morgan fingerprint density at radius 3 is 2.50 bits per heavy atom. The molecule has 0 aliphatic carbocycles. The molecule has 0 aliphatic rings. The first-order valence-corrected chi connectivity index (χ1v) is 6.12. The maximum atomic E-state index is 12.1. The van der Waals surface area contributed by atoms with Crippen molar-refractivity contribution in [3.63, 3.8) is 0 Å². The molecule has 0 aliphatic heterocycles. The fourth-order valence-electron chi connectivity index (χ4n) is 1.54. The highest BCUT2D eigenvalue weighted by atomic mass is 16.5. The van der Waals surface area contributed by atoms with Gasteiger partial charge in [0, 0.05) is 18.2 Å². The van der Waals surface area contributed by atoms with Gasteiger partial charge in [0.1, 0.15) is 5.69 Å². The molecule has 0 saturated heterocycles. The zero-order valence-corrected chi connectivity index (χ0v) is 12.0. The lowest BCUT2D eigenvalue weighted by Gasteiger charge is -2.20. The molecule has 0 fully saturated rings. The predicted octanol–water partition coefficient (Wildman–Crippen LogP) is 0.894. The molecule has 1 aromatic rings. The van der Waals surface area contributed by atoms with Gasteiger partial charge in [-0.1, -0.05) is 6.07 Å². The first-order valence-electron chi connectivity index (χ1n) is 6.12. The van der Waals surface area contributed by atoms with Gasteiger partial charge in [-0.3, -0.25) is 14.6 Å². The summed E-state index contributed by atoms with van der Waals surface area (Å²) >= 11 is 0. The highest BCUT2D eigenvalue weighted by molar-refractivity contribution is 6.34. The van der Waals surface area contributed by atoms with Gasteiger partial charge in [-0.25, -0.2) is 4.79 Å². The number of methoxy groups -OCH3 is 1. The molecular weight excluding hydrogens is 260 g/mol. The summed E-state index contributed by atoms with van der Waals surface area (Å²) in [4.78, 5) is 38.8. The maximum absolute atomic E-state index is 12.1. The fraction of sp³-hybridized carbons (Fsp3) is 0.429. The predicted molar refractivity (Wildman–Crippen MR) is 72.2 cm³/mol. The molecule has 0 spiro atoms. The van der Waals surface area contributed by atoms with E-state index in [0.717, 1.165) is 7.11 Å². The molecule has 0 saturated carbocycles. The van der Waals surface area contributed by atoms with Crippen molar-refractivity contribution in [3.8, 4) is 0 Å². The van der Waals surface area contributed by atoms with Gasteiger partial charge in [0.15, 0.2) is 0 Å². The van der Waals surface area contributed by atoms with Crippen LogP contribution in [-0.2, 0) is 20.7 Å². The van der Waals surface area contributed by atoms with Gasteiger partial charge in [0.05, 0.1) is 7.11 Å². The quantitative estimate of drug-likeness (QED) is 0.653. The van der Waals surface area contributed by atoms with Crippen molar-refractivity contribution in [3.05, 3.63) is 29.6 Å². The molecule has 0 radical (unpaired) electrons. The lowest BCUT2D eigenvalue weighted by Crippen LogP contribution is -2.41. The van der Waals surface area contributed by atoms with Crippen molar-refractivity contribution in [2.24, 2.45) is 0 Å². The van der Waals surface area contributed by atoms with Crippen LogP contribution in [-0.4, -0.2) is 35.3 Å². The Hall–Kier alpha value is -2.24. The molecule has 1 N–H and O–H groups in total. The summed E-state index contributed by atoms with van der Waals surface area (Å²) in [6, 6.07) is 3.19. The molecule has 0 aromatic carbocycles. The van der Waals surface area contributed by atoms with Crippen LogP contribution in [0.5, 0.6) is 0 Å². The summed E-state index contributed by atoms with van der Waals surface area (Å²) in [5.74, 6) is -2.04. The van der Waals surface area contributed by atoms with Crippen molar-refractivity contribution in [2.75, 3.05) is 7.11 Å². The third-order valence-corrected chi connectivity index (χ3v) is 2.36. The number of nitrogens with one attached hydrogen (secondary N) is 1.